The van der Waals surface area contributed by atoms with Gasteiger partial charge in [0.15, 0.2) is 5.65 Å². The molecule has 0 aliphatic rings. The number of nitrogens with zero attached hydrogens (tertiary/aromatic N) is 3. The number of hydrogen-bond acceptors (Lipinski definition) is 3. The van der Waals surface area contributed by atoms with E-state index >= 15 is 0 Å². The van der Waals surface area contributed by atoms with Crippen LogP contribution in [0.4, 0.5) is 0 Å². The normalized spacial score (nSPS) is 11.0. The molecule has 0 fully saturated rings. The van der Waals surface area contributed by atoms with Crippen LogP contribution in [0.25, 0.3) is 11.2 Å². The van der Waals surface area contributed by atoms with Crippen LogP contribution in [-0.4, -0.2) is 20.4 Å². The number of nitrogens with two attached hydrogens (primary N) is 1. The molecule has 18 heavy (non-hydrogen) atoms. The van der Waals surface area contributed by atoms with Gasteiger partial charge in [-0.2, -0.15) is 0 Å². The Morgan fingerprint density at radius 1 is 1.56 bits per heavy atom. The third-order valence-electron chi connectivity index (χ3n) is 2.73. The Bertz CT molecular complexity index is 579. The summed E-state index contributed by atoms with van der Waals surface area (Å²) in [6.07, 6.45) is 2.82. The highest BCUT2D eigenvalue weighted by molar-refractivity contribution is 6.16. The molecular weight excluding hydrogens is 252 g/mol. The number of halogens is 1. The van der Waals surface area contributed by atoms with E-state index in [0.29, 0.717) is 25.3 Å². The fourth-order valence-electron chi connectivity index (χ4n) is 1.91. The molecule has 1 amide bonds. The van der Waals surface area contributed by atoms with E-state index in [2.05, 4.69) is 9.97 Å². The second-order valence-electron chi connectivity index (χ2n) is 4.24. The molecule has 0 radical (unpaired) electrons. The van der Waals surface area contributed by atoms with Gasteiger partial charge in [0.25, 0.3) is 0 Å². The number of pyridine rings is 1. The third-order valence-corrected chi connectivity index (χ3v) is 2.96. The fourth-order valence-corrected chi connectivity index (χ4v) is 2.11. The number of amides is 1. The molecule has 0 bridgehead atoms. The zero-order valence-electron chi connectivity index (χ0n) is 10.2. The number of carbonyl (C=O) groups is 1. The number of aryl methyl sites for hydroxylation is 2. The maximum Gasteiger partial charge on any atom is 0.217 e. The fraction of sp³-hybridized carbons (Fsp3) is 0.417. The highest BCUT2D eigenvalue weighted by atomic mass is 35.5. The molecule has 0 saturated heterocycles. The highest BCUT2D eigenvalue weighted by Crippen LogP contribution is 2.17. The number of alkyl halides is 1. The molecule has 0 aromatic carbocycles. The van der Waals surface area contributed by atoms with E-state index in [-0.39, 0.29) is 5.91 Å². The first kappa shape index (κ1) is 12.8. The Morgan fingerprint density at radius 2 is 2.33 bits per heavy atom. The van der Waals surface area contributed by atoms with Gasteiger partial charge in [-0.15, -0.1) is 11.6 Å². The van der Waals surface area contributed by atoms with E-state index < -0.39 is 0 Å². The summed E-state index contributed by atoms with van der Waals surface area (Å²) in [5, 5.41) is 0. The van der Waals surface area contributed by atoms with Gasteiger partial charge in [0.05, 0.1) is 5.88 Å². The summed E-state index contributed by atoms with van der Waals surface area (Å²) in [5.41, 5.74) is 7.83. The van der Waals surface area contributed by atoms with Gasteiger partial charge in [-0.1, -0.05) is 0 Å². The van der Waals surface area contributed by atoms with Gasteiger partial charge in [-0.05, 0) is 25.0 Å². The number of hydrogen-bond donors (Lipinski definition) is 1. The second-order valence-corrected chi connectivity index (χ2v) is 4.51. The van der Waals surface area contributed by atoms with E-state index in [1.54, 1.807) is 6.20 Å². The molecule has 0 unspecified atom stereocenters. The Morgan fingerprint density at radius 3 is 3.00 bits per heavy atom. The van der Waals surface area contributed by atoms with Gasteiger partial charge in [0.2, 0.25) is 5.91 Å². The van der Waals surface area contributed by atoms with Gasteiger partial charge >= 0.3 is 0 Å². The largest absolute Gasteiger partial charge is 0.370 e. The number of carbonyl (C=O) groups excluding carboxylic acids is 1. The molecule has 2 aromatic rings. The lowest BCUT2D eigenvalue weighted by molar-refractivity contribution is -0.118. The van der Waals surface area contributed by atoms with Crippen molar-refractivity contribution >= 4 is 28.7 Å². The number of rotatable bonds is 5. The highest BCUT2D eigenvalue weighted by Gasteiger charge is 2.11. The Labute approximate surface area is 110 Å². The van der Waals surface area contributed by atoms with Crippen LogP contribution >= 0.6 is 11.6 Å². The molecule has 0 aliphatic carbocycles. The molecule has 0 spiro atoms. The topological polar surface area (TPSA) is 73.8 Å². The molecule has 2 heterocycles. The van der Waals surface area contributed by atoms with Crippen LogP contribution in [0.3, 0.4) is 0 Å². The minimum atomic E-state index is -0.296. The van der Waals surface area contributed by atoms with Crippen molar-refractivity contribution in [3.8, 4) is 0 Å². The monoisotopic (exact) mass is 266 g/mol. The SMILES string of the molecule is Cc1cnc2c(c1)nc(CCl)n2CCCC(N)=O. The molecule has 0 atom stereocenters. The van der Waals surface area contributed by atoms with Gasteiger partial charge in [0, 0.05) is 19.2 Å². The van der Waals surface area contributed by atoms with Gasteiger partial charge in [-0.25, -0.2) is 9.97 Å². The van der Waals surface area contributed by atoms with E-state index in [1.807, 2.05) is 17.6 Å². The van der Waals surface area contributed by atoms with Crippen molar-refractivity contribution in [2.45, 2.75) is 32.2 Å². The summed E-state index contributed by atoms with van der Waals surface area (Å²) in [5.74, 6) is 0.802. The lowest BCUT2D eigenvalue weighted by Gasteiger charge is -2.05. The Hall–Kier alpha value is -1.62. The average Bonchev–Trinajstić information content (AvgIpc) is 2.66. The zero-order chi connectivity index (χ0) is 13.1. The van der Waals surface area contributed by atoms with Crippen molar-refractivity contribution in [3.05, 3.63) is 23.7 Å². The summed E-state index contributed by atoms with van der Waals surface area (Å²) in [6, 6.07) is 1.98. The van der Waals surface area contributed by atoms with Crippen LogP contribution in [-0.2, 0) is 17.2 Å². The molecule has 5 nitrogen and oxygen atoms in total. The molecule has 0 aliphatic heterocycles. The van der Waals surface area contributed by atoms with Crippen LogP contribution in [0.15, 0.2) is 12.3 Å². The van der Waals surface area contributed by atoms with Gasteiger partial charge < -0.3 is 10.3 Å². The number of primary amides is 1. The van der Waals surface area contributed by atoms with E-state index in [9.17, 15) is 4.79 Å². The standard InChI is InChI=1S/C12H15ClN4O/c1-8-5-9-12(15-7-8)17(11(6-13)16-9)4-2-3-10(14)18/h5,7H,2-4,6H2,1H3,(H2,14,18). The summed E-state index contributed by atoms with van der Waals surface area (Å²) in [6.45, 7) is 2.62. The molecule has 96 valence electrons. The van der Waals surface area contributed by atoms with Crippen molar-refractivity contribution in [2.75, 3.05) is 0 Å². The maximum atomic E-state index is 10.7. The van der Waals surface area contributed by atoms with Crippen LogP contribution in [0.5, 0.6) is 0 Å². The molecule has 6 heteroatoms. The number of imidazole rings is 1. The van der Waals surface area contributed by atoms with Gasteiger partial charge in [-0.3, -0.25) is 4.79 Å². The number of aromatic nitrogens is 3. The minimum absolute atomic E-state index is 0.296. The van der Waals surface area contributed by atoms with Crippen LogP contribution in [0.2, 0.25) is 0 Å². The lowest BCUT2D eigenvalue weighted by atomic mass is 10.3. The Balaban J connectivity index is 2.31. The summed E-state index contributed by atoms with van der Waals surface area (Å²) in [4.78, 5) is 19.6. The zero-order valence-corrected chi connectivity index (χ0v) is 10.9. The molecule has 2 rings (SSSR count). The number of fused-ring (bicyclic) bond motifs is 1. The van der Waals surface area contributed by atoms with E-state index in [1.165, 1.54) is 0 Å². The second kappa shape index (κ2) is 5.35. The summed E-state index contributed by atoms with van der Waals surface area (Å²) < 4.78 is 1.95. The minimum Gasteiger partial charge on any atom is -0.370 e. The molecular formula is C12H15ClN4O. The lowest BCUT2D eigenvalue weighted by Crippen LogP contribution is -2.12. The van der Waals surface area contributed by atoms with Crippen LogP contribution in [0, 0.1) is 6.92 Å². The van der Waals surface area contributed by atoms with Crippen molar-refractivity contribution in [1.82, 2.24) is 14.5 Å². The summed E-state index contributed by atoms with van der Waals surface area (Å²) >= 11 is 5.88. The van der Waals surface area contributed by atoms with Crippen molar-refractivity contribution in [1.29, 1.82) is 0 Å². The third kappa shape index (κ3) is 2.61. The van der Waals surface area contributed by atoms with Crippen molar-refractivity contribution in [3.63, 3.8) is 0 Å². The Kier molecular flexibility index (Phi) is 3.81. The molecule has 0 saturated carbocycles. The van der Waals surface area contributed by atoms with E-state index in [4.69, 9.17) is 17.3 Å². The van der Waals surface area contributed by atoms with Gasteiger partial charge in [0.1, 0.15) is 11.3 Å². The summed E-state index contributed by atoms with van der Waals surface area (Å²) in [7, 11) is 0. The average molecular weight is 267 g/mol. The predicted octanol–water partition coefficient (Wildman–Crippen LogP) is 1.74. The first-order valence-electron chi connectivity index (χ1n) is 5.78. The quantitative estimate of drug-likeness (QED) is 0.838. The van der Waals surface area contributed by atoms with E-state index in [0.717, 1.165) is 22.6 Å². The first-order valence-corrected chi connectivity index (χ1v) is 6.31. The van der Waals surface area contributed by atoms with Crippen molar-refractivity contribution < 1.29 is 4.79 Å². The van der Waals surface area contributed by atoms with Crippen LogP contribution < -0.4 is 5.73 Å². The smallest absolute Gasteiger partial charge is 0.217 e. The molecule has 2 aromatic heterocycles. The predicted molar refractivity (Wildman–Crippen MR) is 70.3 cm³/mol. The molecule has 2 N–H and O–H groups in total. The first-order chi connectivity index (χ1) is 8.61. The van der Waals surface area contributed by atoms with Crippen LogP contribution in [0.1, 0.15) is 24.2 Å². The van der Waals surface area contributed by atoms with Crippen molar-refractivity contribution in [2.24, 2.45) is 5.73 Å². The maximum absolute atomic E-state index is 10.7.